The number of carboxylic acid groups (broad SMARTS) is 1. The number of carboxylic acids is 1. The fraction of sp³-hybridized carbons (Fsp3) is 0.846. The Morgan fingerprint density at radius 1 is 1.39 bits per heavy atom. The summed E-state index contributed by atoms with van der Waals surface area (Å²) < 4.78 is 5.44. The van der Waals surface area contributed by atoms with Gasteiger partial charge in [0, 0.05) is 20.1 Å². The SMILES string of the molecule is CCOC1CC(CC(=O)N(C)C(CC)C(=O)O)C1. The van der Waals surface area contributed by atoms with Gasteiger partial charge in [0.15, 0.2) is 0 Å². The van der Waals surface area contributed by atoms with Crippen LogP contribution in [-0.2, 0) is 14.3 Å². The van der Waals surface area contributed by atoms with Crippen molar-refractivity contribution in [3.63, 3.8) is 0 Å². The zero-order valence-electron chi connectivity index (χ0n) is 11.4. The summed E-state index contributed by atoms with van der Waals surface area (Å²) in [6.07, 6.45) is 2.99. The molecule has 18 heavy (non-hydrogen) atoms. The normalized spacial score (nSPS) is 24.2. The van der Waals surface area contributed by atoms with Crippen molar-refractivity contribution in [3.05, 3.63) is 0 Å². The average Bonchev–Trinajstić information content (AvgIpc) is 2.26. The summed E-state index contributed by atoms with van der Waals surface area (Å²) in [5.74, 6) is -0.666. The van der Waals surface area contributed by atoms with Crippen LogP contribution < -0.4 is 0 Å². The Morgan fingerprint density at radius 2 is 2.00 bits per heavy atom. The summed E-state index contributed by atoms with van der Waals surface area (Å²) in [5.41, 5.74) is 0. The predicted octanol–water partition coefficient (Wildman–Crippen LogP) is 1.51. The standard InChI is InChI=1S/C13H23NO4/c1-4-11(13(16)17)14(3)12(15)8-9-6-10(7-9)18-5-2/h9-11H,4-8H2,1-3H3,(H,16,17). The van der Waals surface area contributed by atoms with E-state index in [4.69, 9.17) is 9.84 Å². The summed E-state index contributed by atoms with van der Waals surface area (Å²) >= 11 is 0. The topological polar surface area (TPSA) is 66.8 Å². The minimum Gasteiger partial charge on any atom is -0.480 e. The van der Waals surface area contributed by atoms with Crippen molar-refractivity contribution in [2.24, 2.45) is 5.92 Å². The molecule has 5 heteroatoms. The molecule has 5 nitrogen and oxygen atoms in total. The number of hydrogen-bond acceptors (Lipinski definition) is 3. The van der Waals surface area contributed by atoms with Crippen LogP contribution in [0.1, 0.15) is 39.5 Å². The lowest BCUT2D eigenvalue weighted by atomic mass is 9.79. The highest BCUT2D eigenvalue weighted by Gasteiger charge is 2.33. The Balaban J connectivity index is 2.35. The fourth-order valence-corrected chi connectivity index (χ4v) is 2.39. The van der Waals surface area contributed by atoms with Gasteiger partial charge in [0.25, 0.3) is 0 Å². The van der Waals surface area contributed by atoms with Gasteiger partial charge in [-0.3, -0.25) is 4.79 Å². The molecule has 0 aromatic carbocycles. The molecule has 0 aliphatic heterocycles. The summed E-state index contributed by atoms with van der Waals surface area (Å²) in [7, 11) is 1.57. The second-order valence-corrected chi connectivity index (χ2v) is 4.89. The molecule has 0 saturated heterocycles. The summed E-state index contributed by atoms with van der Waals surface area (Å²) in [5, 5.41) is 9.00. The zero-order chi connectivity index (χ0) is 13.7. The van der Waals surface area contributed by atoms with Crippen LogP contribution in [0.25, 0.3) is 0 Å². The van der Waals surface area contributed by atoms with Gasteiger partial charge in [-0.15, -0.1) is 0 Å². The molecule has 0 radical (unpaired) electrons. The highest BCUT2D eigenvalue weighted by Crippen LogP contribution is 2.33. The maximum absolute atomic E-state index is 11.9. The van der Waals surface area contributed by atoms with E-state index in [0.29, 0.717) is 31.5 Å². The van der Waals surface area contributed by atoms with E-state index in [1.807, 2.05) is 6.92 Å². The lowest BCUT2D eigenvalue weighted by molar-refractivity contribution is -0.150. The first-order chi connectivity index (χ1) is 8.49. The predicted molar refractivity (Wildman–Crippen MR) is 67.2 cm³/mol. The van der Waals surface area contributed by atoms with E-state index >= 15 is 0 Å². The molecule has 1 unspecified atom stereocenters. The van der Waals surface area contributed by atoms with Gasteiger partial charge in [-0.2, -0.15) is 0 Å². The summed E-state index contributed by atoms with van der Waals surface area (Å²) in [4.78, 5) is 24.3. The maximum Gasteiger partial charge on any atom is 0.326 e. The molecular formula is C13H23NO4. The van der Waals surface area contributed by atoms with E-state index in [9.17, 15) is 9.59 Å². The number of likely N-dealkylation sites (N-methyl/N-ethyl adjacent to an activating group) is 1. The molecule has 1 rings (SSSR count). The Bertz CT molecular complexity index is 299. The molecule has 0 heterocycles. The Hall–Kier alpha value is -1.10. The highest BCUT2D eigenvalue weighted by atomic mass is 16.5. The highest BCUT2D eigenvalue weighted by molar-refractivity contribution is 5.83. The number of rotatable bonds is 7. The van der Waals surface area contributed by atoms with E-state index in [1.165, 1.54) is 4.90 Å². The first-order valence-electron chi connectivity index (χ1n) is 6.59. The van der Waals surface area contributed by atoms with E-state index < -0.39 is 12.0 Å². The molecule has 0 aromatic heterocycles. The number of amides is 1. The quantitative estimate of drug-likeness (QED) is 0.750. The average molecular weight is 257 g/mol. The molecule has 1 saturated carbocycles. The first-order valence-corrected chi connectivity index (χ1v) is 6.59. The van der Waals surface area contributed by atoms with Gasteiger partial charge in [0.2, 0.25) is 5.91 Å². The third-order valence-electron chi connectivity index (χ3n) is 3.59. The molecule has 0 spiro atoms. The Labute approximate surface area is 108 Å². The van der Waals surface area contributed by atoms with Crippen molar-refractivity contribution in [2.75, 3.05) is 13.7 Å². The summed E-state index contributed by atoms with van der Waals surface area (Å²) in [6, 6.07) is -0.708. The monoisotopic (exact) mass is 257 g/mol. The molecule has 1 fully saturated rings. The van der Waals surface area contributed by atoms with Crippen LogP contribution in [0.5, 0.6) is 0 Å². The lowest BCUT2D eigenvalue weighted by Gasteiger charge is -2.36. The van der Waals surface area contributed by atoms with Crippen molar-refractivity contribution in [1.29, 1.82) is 0 Å². The summed E-state index contributed by atoms with van der Waals surface area (Å²) in [6.45, 7) is 4.45. The van der Waals surface area contributed by atoms with Gasteiger partial charge in [-0.1, -0.05) is 6.92 Å². The largest absolute Gasteiger partial charge is 0.480 e. The van der Waals surface area contributed by atoms with Gasteiger partial charge in [-0.25, -0.2) is 4.79 Å². The molecule has 1 aliphatic carbocycles. The third kappa shape index (κ3) is 3.70. The molecule has 1 aliphatic rings. The first kappa shape index (κ1) is 15.0. The molecule has 1 amide bonds. The molecule has 0 bridgehead atoms. The van der Waals surface area contributed by atoms with Crippen molar-refractivity contribution in [2.45, 2.75) is 51.7 Å². The number of aliphatic carboxylic acids is 1. The second-order valence-electron chi connectivity index (χ2n) is 4.89. The van der Waals surface area contributed by atoms with Gasteiger partial charge in [-0.05, 0) is 32.1 Å². The van der Waals surface area contributed by atoms with E-state index in [0.717, 1.165) is 12.8 Å². The second kappa shape index (κ2) is 6.73. The zero-order valence-corrected chi connectivity index (χ0v) is 11.4. The third-order valence-corrected chi connectivity index (χ3v) is 3.59. The number of hydrogen-bond donors (Lipinski definition) is 1. The number of nitrogens with zero attached hydrogens (tertiary/aromatic N) is 1. The lowest BCUT2D eigenvalue weighted by Crippen LogP contribution is -2.44. The molecular weight excluding hydrogens is 234 g/mol. The maximum atomic E-state index is 11.9. The molecule has 104 valence electrons. The number of carbonyl (C=O) groups is 2. The fourth-order valence-electron chi connectivity index (χ4n) is 2.39. The minimum atomic E-state index is -0.936. The minimum absolute atomic E-state index is 0.0794. The van der Waals surface area contributed by atoms with Crippen molar-refractivity contribution < 1.29 is 19.4 Å². The van der Waals surface area contributed by atoms with Crippen molar-refractivity contribution >= 4 is 11.9 Å². The van der Waals surface area contributed by atoms with Gasteiger partial charge >= 0.3 is 5.97 Å². The van der Waals surface area contributed by atoms with Crippen LogP contribution in [0.4, 0.5) is 0 Å². The van der Waals surface area contributed by atoms with Crippen LogP contribution in [0.2, 0.25) is 0 Å². The van der Waals surface area contributed by atoms with Crippen LogP contribution >= 0.6 is 0 Å². The molecule has 1 atom stereocenters. The van der Waals surface area contributed by atoms with E-state index in [2.05, 4.69) is 0 Å². The Morgan fingerprint density at radius 3 is 2.44 bits per heavy atom. The molecule has 0 aromatic rings. The van der Waals surface area contributed by atoms with Gasteiger partial charge in [0.05, 0.1) is 6.10 Å². The van der Waals surface area contributed by atoms with Crippen molar-refractivity contribution in [1.82, 2.24) is 4.90 Å². The van der Waals surface area contributed by atoms with Crippen LogP contribution in [0, 0.1) is 5.92 Å². The van der Waals surface area contributed by atoms with Crippen LogP contribution in [0.3, 0.4) is 0 Å². The number of carbonyl (C=O) groups excluding carboxylic acids is 1. The van der Waals surface area contributed by atoms with E-state index in [-0.39, 0.29) is 5.91 Å². The van der Waals surface area contributed by atoms with E-state index in [1.54, 1.807) is 14.0 Å². The van der Waals surface area contributed by atoms with Gasteiger partial charge < -0.3 is 14.7 Å². The van der Waals surface area contributed by atoms with Crippen LogP contribution in [-0.4, -0.2) is 47.7 Å². The number of ether oxygens (including phenoxy) is 1. The molecule has 1 N–H and O–H groups in total. The van der Waals surface area contributed by atoms with Crippen LogP contribution in [0.15, 0.2) is 0 Å². The van der Waals surface area contributed by atoms with Crippen molar-refractivity contribution in [3.8, 4) is 0 Å². The van der Waals surface area contributed by atoms with Gasteiger partial charge in [0.1, 0.15) is 6.04 Å². The Kier molecular flexibility index (Phi) is 5.59. The smallest absolute Gasteiger partial charge is 0.326 e.